The highest BCUT2D eigenvalue weighted by Gasteiger charge is 2.20. The van der Waals surface area contributed by atoms with Gasteiger partial charge in [0.1, 0.15) is 5.82 Å². The van der Waals surface area contributed by atoms with E-state index >= 15 is 0 Å². The number of esters is 1. The van der Waals surface area contributed by atoms with Crippen molar-refractivity contribution < 1.29 is 14.3 Å². The van der Waals surface area contributed by atoms with E-state index in [4.69, 9.17) is 4.74 Å². The Morgan fingerprint density at radius 1 is 1.29 bits per heavy atom. The van der Waals surface area contributed by atoms with Crippen LogP contribution in [0.2, 0.25) is 0 Å². The topological polar surface area (TPSA) is 98.5 Å². The van der Waals surface area contributed by atoms with Crippen molar-refractivity contribution in [2.75, 3.05) is 12.4 Å². The number of carbonyl (C=O) groups is 2. The van der Waals surface area contributed by atoms with E-state index < -0.39 is 5.97 Å². The highest BCUT2D eigenvalue weighted by molar-refractivity contribution is 7.16. The van der Waals surface area contributed by atoms with Crippen LogP contribution in [0.4, 0.5) is 5.13 Å². The maximum Gasteiger partial charge on any atom is 0.357 e. The number of hydrogen-bond donors (Lipinski definition) is 1. The minimum absolute atomic E-state index is 0.143. The zero-order valence-corrected chi connectivity index (χ0v) is 17.0. The zero-order valence-electron chi connectivity index (χ0n) is 16.1. The summed E-state index contributed by atoms with van der Waals surface area (Å²) in [5, 5.41) is 11.5. The van der Waals surface area contributed by atoms with Gasteiger partial charge in [0.15, 0.2) is 16.5 Å². The average molecular weight is 401 g/mol. The van der Waals surface area contributed by atoms with E-state index in [1.165, 1.54) is 18.4 Å². The first-order chi connectivity index (χ1) is 13.5. The number of rotatable bonds is 8. The molecule has 0 atom stereocenters. The molecule has 0 aliphatic rings. The van der Waals surface area contributed by atoms with Crippen LogP contribution in [-0.2, 0) is 22.4 Å². The average Bonchev–Trinajstić information content (AvgIpc) is 3.25. The Morgan fingerprint density at radius 3 is 2.86 bits per heavy atom. The van der Waals surface area contributed by atoms with Crippen molar-refractivity contribution in [3.05, 3.63) is 40.8 Å². The van der Waals surface area contributed by atoms with Gasteiger partial charge in [0.2, 0.25) is 5.91 Å². The Labute approximate surface area is 167 Å². The van der Waals surface area contributed by atoms with Crippen molar-refractivity contribution in [3.63, 3.8) is 0 Å². The van der Waals surface area contributed by atoms with Gasteiger partial charge in [0.05, 0.1) is 7.11 Å². The van der Waals surface area contributed by atoms with Crippen LogP contribution in [0.15, 0.2) is 24.4 Å². The molecule has 8 nitrogen and oxygen atoms in total. The number of ether oxygens (including phenoxy) is 1. The molecule has 3 aromatic rings. The lowest BCUT2D eigenvalue weighted by atomic mass is 10.1. The molecule has 1 amide bonds. The predicted molar refractivity (Wildman–Crippen MR) is 107 cm³/mol. The normalized spacial score (nSPS) is 11.1. The molecular weight excluding hydrogens is 378 g/mol. The van der Waals surface area contributed by atoms with Crippen LogP contribution in [0.3, 0.4) is 0 Å². The second-order valence-corrected chi connectivity index (χ2v) is 7.91. The minimum atomic E-state index is -0.480. The first kappa shape index (κ1) is 19.9. The van der Waals surface area contributed by atoms with Crippen LogP contribution < -0.4 is 5.32 Å². The van der Waals surface area contributed by atoms with Gasteiger partial charge in [-0.3, -0.25) is 9.20 Å². The number of carbonyl (C=O) groups excluding carboxylic acids is 2. The van der Waals surface area contributed by atoms with E-state index in [0.29, 0.717) is 36.7 Å². The van der Waals surface area contributed by atoms with Gasteiger partial charge in [-0.25, -0.2) is 9.78 Å². The molecule has 3 aromatic heterocycles. The number of anilines is 1. The highest BCUT2D eigenvalue weighted by atomic mass is 32.1. The second-order valence-electron chi connectivity index (χ2n) is 6.83. The predicted octanol–water partition coefficient (Wildman–Crippen LogP) is 3.13. The molecule has 0 saturated heterocycles. The molecule has 9 heteroatoms. The number of hydrogen-bond acceptors (Lipinski definition) is 7. The third-order valence-corrected chi connectivity index (χ3v) is 5.10. The number of thiazole rings is 1. The van der Waals surface area contributed by atoms with Crippen LogP contribution >= 0.6 is 11.3 Å². The third-order valence-electron chi connectivity index (χ3n) is 4.10. The SMILES string of the molecule is COC(=O)c1nc(NC(=O)CCCc2nnc3ccccn23)sc1CC(C)C. The molecular formula is C19H23N5O3S. The highest BCUT2D eigenvalue weighted by Crippen LogP contribution is 2.26. The van der Waals surface area contributed by atoms with Crippen LogP contribution in [0, 0.1) is 5.92 Å². The fourth-order valence-electron chi connectivity index (χ4n) is 2.82. The lowest BCUT2D eigenvalue weighted by Gasteiger charge is -2.02. The summed E-state index contributed by atoms with van der Waals surface area (Å²) in [6.45, 7) is 4.13. The fourth-order valence-corrected chi connectivity index (χ4v) is 4.00. The summed E-state index contributed by atoms with van der Waals surface area (Å²) in [6, 6.07) is 5.72. The van der Waals surface area contributed by atoms with E-state index in [9.17, 15) is 9.59 Å². The first-order valence-electron chi connectivity index (χ1n) is 9.14. The molecule has 3 heterocycles. The molecule has 3 rings (SSSR count). The Kier molecular flexibility index (Phi) is 6.35. The number of fused-ring (bicyclic) bond motifs is 1. The summed E-state index contributed by atoms with van der Waals surface area (Å²) >= 11 is 1.32. The van der Waals surface area contributed by atoms with Gasteiger partial charge in [0, 0.05) is 23.9 Å². The summed E-state index contributed by atoms with van der Waals surface area (Å²) in [7, 11) is 1.33. The molecule has 0 aromatic carbocycles. The second kappa shape index (κ2) is 8.92. The summed E-state index contributed by atoms with van der Waals surface area (Å²) in [5.74, 6) is 0.566. The lowest BCUT2D eigenvalue weighted by molar-refractivity contribution is -0.116. The largest absolute Gasteiger partial charge is 0.464 e. The van der Waals surface area contributed by atoms with Crippen LogP contribution in [0.1, 0.15) is 47.9 Å². The van der Waals surface area contributed by atoms with Gasteiger partial charge >= 0.3 is 5.97 Å². The number of pyridine rings is 1. The van der Waals surface area contributed by atoms with Crippen LogP contribution in [0.25, 0.3) is 5.65 Å². The van der Waals surface area contributed by atoms with E-state index in [-0.39, 0.29) is 11.6 Å². The molecule has 0 aliphatic carbocycles. The molecule has 1 N–H and O–H groups in total. The first-order valence-corrected chi connectivity index (χ1v) is 9.96. The number of nitrogens with one attached hydrogen (secondary N) is 1. The smallest absolute Gasteiger partial charge is 0.357 e. The molecule has 0 aliphatic heterocycles. The summed E-state index contributed by atoms with van der Waals surface area (Å²) in [4.78, 5) is 29.3. The monoisotopic (exact) mass is 401 g/mol. The van der Waals surface area contributed by atoms with E-state index in [1.807, 2.05) is 28.8 Å². The molecule has 0 bridgehead atoms. The Hall–Kier alpha value is -2.81. The van der Waals surface area contributed by atoms with E-state index in [2.05, 4.69) is 34.3 Å². The number of nitrogens with zero attached hydrogens (tertiary/aromatic N) is 4. The Balaban J connectivity index is 1.58. The standard InChI is InChI=1S/C19H23N5O3S/c1-12(2)11-13-17(18(26)27-3)21-19(28-13)20-16(25)9-6-8-15-23-22-14-7-4-5-10-24(14)15/h4-5,7,10,12H,6,8-9,11H2,1-3H3,(H,20,21,25). The van der Waals surface area contributed by atoms with Crippen molar-refractivity contribution in [3.8, 4) is 0 Å². The van der Waals surface area contributed by atoms with Gasteiger partial charge < -0.3 is 10.1 Å². The van der Waals surface area contributed by atoms with Gasteiger partial charge in [0.25, 0.3) is 0 Å². The molecule has 0 radical (unpaired) electrons. The van der Waals surface area contributed by atoms with Gasteiger partial charge in [-0.1, -0.05) is 19.9 Å². The quantitative estimate of drug-likeness (QED) is 0.582. The maximum absolute atomic E-state index is 12.3. The summed E-state index contributed by atoms with van der Waals surface area (Å²) < 4.78 is 6.71. The molecule has 0 saturated carbocycles. The van der Waals surface area contributed by atoms with Crippen molar-refractivity contribution in [1.29, 1.82) is 0 Å². The van der Waals surface area contributed by atoms with E-state index in [0.717, 1.165) is 16.3 Å². The molecule has 0 unspecified atom stereocenters. The maximum atomic E-state index is 12.3. The van der Waals surface area contributed by atoms with Gasteiger partial charge in [-0.05, 0) is 30.9 Å². The zero-order chi connectivity index (χ0) is 20.1. The Morgan fingerprint density at radius 2 is 2.11 bits per heavy atom. The van der Waals surface area contributed by atoms with Gasteiger partial charge in [-0.2, -0.15) is 0 Å². The number of aryl methyl sites for hydroxylation is 1. The van der Waals surface area contributed by atoms with Crippen molar-refractivity contribution in [2.24, 2.45) is 5.92 Å². The van der Waals surface area contributed by atoms with E-state index in [1.54, 1.807) is 0 Å². The van der Waals surface area contributed by atoms with Crippen LogP contribution in [-0.4, -0.2) is 38.6 Å². The van der Waals surface area contributed by atoms with Crippen molar-refractivity contribution >= 4 is 34.0 Å². The summed E-state index contributed by atoms with van der Waals surface area (Å²) in [5.41, 5.74) is 1.07. The summed E-state index contributed by atoms with van der Waals surface area (Å²) in [6.07, 6.45) is 4.22. The molecule has 0 spiro atoms. The van der Waals surface area contributed by atoms with Crippen molar-refractivity contribution in [1.82, 2.24) is 19.6 Å². The molecule has 0 fully saturated rings. The van der Waals surface area contributed by atoms with Crippen molar-refractivity contribution in [2.45, 2.75) is 39.5 Å². The fraction of sp³-hybridized carbons (Fsp3) is 0.421. The number of amides is 1. The minimum Gasteiger partial charge on any atom is -0.464 e. The number of methoxy groups -OCH3 is 1. The van der Waals surface area contributed by atoms with Crippen LogP contribution in [0.5, 0.6) is 0 Å². The lowest BCUT2D eigenvalue weighted by Crippen LogP contribution is -2.12. The van der Waals surface area contributed by atoms with Gasteiger partial charge in [-0.15, -0.1) is 21.5 Å². The Bertz CT molecular complexity index is 979. The molecule has 148 valence electrons. The molecule has 28 heavy (non-hydrogen) atoms. The third kappa shape index (κ3) is 4.72. The number of aromatic nitrogens is 4.